The molecular formula is C26H32FN7O4S. The lowest BCUT2D eigenvalue weighted by Crippen LogP contribution is -2.58. The largest absolute Gasteiger partial charge is 0.486 e. The summed E-state index contributed by atoms with van der Waals surface area (Å²) in [5.41, 5.74) is 1.19. The van der Waals surface area contributed by atoms with Crippen molar-refractivity contribution in [3.05, 3.63) is 48.3 Å². The molecule has 0 radical (unpaired) electrons. The van der Waals surface area contributed by atoms with E-state index < -0.39 is 15.5 Å². The van der Waals surface area contributed by atoms with Crippen LogP contribution in [0.5, 0.6) is 11.6 Å². The van der Waals surface area contributed by atoms with Gasteiger partial charge in [-0.1, -0.05) is 6.92 Å². The van der Waals surface area contributed by atoms with Crippen molar-refractivity contribution < 1.29 is 22.8 Å². The topological polar surface area (TPSA) is 138 Å². The van der Waals surface area contributed by atoms with Crippen molar-refractivity contribution in [2.75, 3.05) is 43.1 Å². The second-order valence-electron chi connectivity index (χ2n) is 9.57. The summed E-state index contributed by atoms with van der Waals surface area (Å²) in [5, 5.41) is 8.48. The van der Waals surface area contributed by atoms with Crippen molar-refractivity contribution in [1.82, 2.24) is 19.9 Å². The number of nitrogens with two attached hydrogens (primary N) is 1. The summed E-state index contributed by atoms with van der Waals surface area (Å²) < 4.78 is 45.0. The Hall–Kier alpha value is -3.55. The molecule has 2 saturated heterocycles. The summed E-state index contributed by atoms with van der Waals surface area (Å²) >= 11 is 0. The fourth-order valence-electron chi connectivity index (χ4n) is 4.82. The molecule has 2 fully saturated rings. The number of nitrogens with zero attached hydrogens (tertiary/aromatic N) is 5. The molecule has 2 aliphatic rings. The molecule has 3 N–H and O–H groups in total. The Morgan fingerprint density at radius 1 is 1.18 bits per heavy atom. The summed E-state index contributed by atoms with van der Waals surface area (Å²) in [6, 6.07) is 3.96. The first-order chi connectivity index (χ1) is 18.8. The van der Waals surface area contributed by atoms with Crippen LogP contribution in [0.3, 0.4) is 0 Å². The number of aryl methyl sites for hydroxylation is 1. The van der Waals surface area contributed by atoms with Gasteiger partial charge in [0.1, 0.15) is 18.2 Å². The third-order valence-electron chi connectivity index (χ3n) is 6.79. The van der Waals surface area contributed by atoms with Gasteiger partial charge in [0.15, 0.2) is 5.82 Å². The highest BCUT2D eigenvalue weighted by atomic mass is 32.2. The van der Waals surface area contributed by atoms with Crippen LogP contribution in [-0.4, -0.2) is 69.0 Å². The maximum Gasteiger partial charge on any atom is 0.262 e. The molecule has 3 atom stereocenters. The van der Waals surface area contributed by atoms with E-state index >= 15 is 0 Å². The summed E-state index contributed by atoms with van der Waals surface area (Å²) in [6.07, 6.45) is 5.77. The van der Waals surface area contributed by atoms with Gasteiger partial charge in [0.2, 0.25) is 11.7 Å². The minimum Gasteiger partial charge on any atom is -0.486 e. The van der Waals surface area contributed by atoms with Gasteiger partial charge in [-0.25, -0.2) is 23.6 Å². The smallest absolute Gasteiger partial charge is 0.262 e. The van der Waals surface area contributed by atoms with Crippen molar-refractivity contribution in [2.24, 2.45) is 17.0 Å². The Kier molecular flexibility index (Phi) is 7.82. The molecule has 3 unspecified atom stereocenters. The number of aromatic nitrogens is 4. The number of rotatable bonds is 9. The molecule has 5 rings (SSSR count). The summed E-state index contributed by atoms with van der Waals surface area (Å²) in [7, 11) is -3.05. The number of piperidine rings is 1. The lowest BCUT2D eigenvalue weighted by atomic mass is 9.84. The Morgan fingerprint density at radius 3 is 2.51 bits per heavy atom. The van der Waals surface area contributed by atoms with Crippen molar-refractivity contribution in [2.45, 2.75) is 31.3 Å². The molecule has 13 heteroatoms. The second kappa shape index (κ2) is 11.3. The number of anilines is 3. The van der Waals surface area contributed by atoms with Crippen LogP contribution in [-0.2, 0) is 20.9 Å². The monoisotopic (exact) mass is 557 g/mol. The molecule has 39 heavy (non-hydrogen) atoms. The number of halogens is 1. The van der Waals surface area contributed by atoms with Crippen molar-refractivity contribution >= 4 is 33.0 Å². The van der Waals surface area contributed by atoms with Gasteiger partial charge in [0, 0.05) is 42.2 Å². The summed E-state index contributed by atoms with van der Waals surface area (Å²) in [5.74, 6) is 4.29. The minimum absolute atomic E-state index is 0.0477. The van der Waals surface area contributed by atoms with Crippen molar-refractivity contribution in [3.8, 4) is 11.6 Å². The molecule has 1 aromatic carbocycles. The predicted molar refractivity (Wildman–Crippen MR) is 146 cm³/mol. The molecule has 2 aromatic heterocycles. The first-order valence-corrected chi connectivity index (χ1v) is 14.6. The molecule has 4 heterocycles. The highest BCUT2D eigenvalue weighted by molar-refractivity contribution is 7.98. The Labute approximate surface area is 227 Å². The van der Waals surface area contributed by atoms with Crippen LogP contribution < -0.4 is 24.8 Å². The van der Waals surface area contributed by atoms with E-state index in [1.165, 1.54) is 18.5 Å². The lowest BCUT2D eigenvalue weighted by Gasteiger charge is -2.46. The van der Waals surface area contributed by atoms with Gasteiger partial charge in [-0.05, 0) is 43.0 Å². The highest BCUT2D eigenvalue weighted by Crippen LogP contribution is 2.38. The zero-order valence-corrected chi connectivity index (χ0v) is 22.7. The molecule has 0 aliphatic carbocycles. The standard InChI is InChI=1S/C26H32FN7O4S/c1-4-16-9-29-26(30-10-16)34-11-17-13-36-14-18(12-34)22(17)38-25-23(37-5-2)24(31-15-32-25)33-21-7-6-19(8-20(21)27)39(3,28)35/h6-10,15,17-18,22H,3-5,11-14H2,1-2H3,(H2,28,35)(H,31,32,33). The van der Waals surface area contributed by atoms with Crippen LogP contribution >= 0.6 is 0 Å². The first kappa shape index (κ1) is 27.0. The van der Waals surface area contributed by atoms with Gasteiger partial charge in [0.05, 0.1) is 35.2 Å². The Balaban J connectivity index is 1.37. The summed E-state index contributed by atoms with van der Waals surface area (Å²) in [4.78, 5) is 20.0. The molecule has 2 aliphatic heterocycles. The molecule has 2 bridgehead atoms. The molecule has 208 valence electrons. The minimum atomic E-state index is -3.05. The summed E-state index contributed by atoms with van der Waals surface area (Å²) in [6.45, 7) is 6.60. The number of ether oxygens (including phenoxy) is 3. The van der Waals surface area contributed by atoms with Crippen LogP contribution in [0.1, 0.15) is 19.4 Å². The van der Waals surface area contributed by atoms with Crippen molar-refractivity contribution in [1.29, 1.82) is 0 Å². The van der Waals surface area contributed by atoms with E-state index in [-0.39, 0.29) is 46.0 Å². The molecule has 0 amide bonds. The van der Waals surface area contributed by atoms with Crippen LogP contribution in [0, 0.1) is 17.7 Å². The average molecular weight is 558 g/mol. The number of nitrogens with one attached hydrogen (secondary N) is 1. The zero-order valence-electron chi connectivity index (χ0n) is 21.9. The zero-order chi connectivity index (χ0) is 27.6. The Morgan fingerprint density at radius 2 is 1.90 bits per heavy atom. The fourth-order valence-corrected chi connectivity index (χ4v) is 5.42. The third kappa shape index (κ3) is 5.89. The predicted octanol–water partition coefficient (Wildman–Crippen LogP) is 2.59. The van der Waals surface area contributed by atoms with Crippen LogP contribution in [0.25, 0.3) is 0 Å². The SMILES string of the molecule is C=S(N)(=O)c1ccc(Nc2ncnc(OC3C4COCC3CN(c3ncc(CC)cn3)C4)c2OCC)c(F)c1. The normalized spacial score (nSPS) is 22.2. The van der Waals surface area contributed by atoms with E-state index in [9.17, 15) is 8.60 Å². The molecular weight excluding hydrogens is 525 g/mol. The van der Waals surface area contributed by atoms with E-state index in [4.69, 9.17) is 19.3 Å². The highest BCUT2D eigenvalue weighted by Gasteiger charge is 2.43. The van der Waals surface area contributed by atoms with Gasteiger partial charge in [0.25, 0.3) is 5.88 Å². The van der Waals surface area contributed by atoms with Crippen LogP contribution in [0.2, 0.25) is 0 Å². The van der Waals surface area contributed by atoms with Gasteiger partial charge in [-0.2, -0.15) is 4.98 Å². The number of fused-ring (bicyclic) bond motifs is 2. The van der Waals surface area contributed by atoms with E-state index in [2.05, 4.69) is 42.9 Å². The van der Waals surface area contributed by atoms with E-state index in [1.807, 2.05) is 19.3 Å². The maximum atomic E-state index is 14.8. The number of hydrogen-bond donors (Lipinski definition) is 2. The molecule has 0 spiro atoms. The fraction of sp³-hybridized carbons (Fsp3) is 0.423. The maximum absolute atomic E-state index is 14.8. The van der Waals surface area contributed by atoms with E-state index in [1.54, 1.807) is 0 Å². The van der Waals surface area contributed by atoms with Crippen LogP contribution in [0.15, 0.2) is 41.8 Å². The van der Waals surface area contributed by atoms with Gasteiger partial charge < -0.3 is 24.4 Å². The molecule has 0 saturated carbocycles. The Bertz CT molecular complexity index is 1410. The third-order valence-corrected chi connectivity index (χ3v) is 7.84. The quantitative estimate of drug-likeness (QED) is 0.378. The molecule has 3 aromatic rings. The van der Waals surface area contributed by atoms with Crippen molar-refractivity contribution in [3.63, 3.8) is 0 Å². The number of hydrogen-bond acceptors (Lipinski definition) is 10. The van der Waals surface area contributed by atoms with Gasteiger partial charge >= 0.3 is 0 Å². The van der Waals surface area contributed by atoms with Crippen LogP contribution in [0.4, 0.5) is 21.8 Å². The first-order valence-electron chi connectivity index (χ1n) is 12.8. The van der Waals surface area contributed by atoms with E-state index in [0.29, 0.717) is 38.9 Å². The molecule has 11 nitrogen and oxygen atoms in total. The number of benzene rings is 1. The lowest BCUT2D eigenvalue weighted by molar-refractivity contribution is -0.0776. The average Bonchev–Trinajstić information content (AvgIpc) is 2.91. The second-order valence-corrected chi connectivity index (χ2v) is 11.5. The van der Waals surface area contributed by atoms with E-state index in [0.717, 1.165) is 18.1 Å². The van der Waals surface area contributed by atoms with Gasteiger partial charge in [-0.15, -0.1) is 0 Å². The van der Waals surface area contributed by atoms with Gasteiger partial charge in [-0.3, -0.25) is 5.14 Å².